The second kappa shape index (κ2) is 5.46. The zero-order chi connectivity index (χ0) is 13.2. The third-order valence-electron chi connectivity index (χ3n) is 2.51. The Labute approximate surface area is 107 Å². The number of hydrogen-bond donors (Lipinski definition) is 1. The van der Waals surface area contributed by atoms with E-state index in [9.17, 15) is 13.5 Å². The van der Waals surface area contributed by atoms with E-state index in [4.69, 9.17) is 0 Å². The zero-order valence-electron chi connectivity index (χ0n) is 10.6. The van der Waals surface area contributed by atoms with E-state index in [1.54, 1.807) is 13.8 Å². The number of sulfone groups is 1. The molecule has 0 saturated carbocycles. The van der Waals surface area contributed by atoms with Gasteiger partial charge in [0.2, 0.25) is 0 Å². The Morgan fingerprint density at radius 3 is 2.24 bits per heavy atom. The summed E-state index contributed by atoms with van der Waals surface area (Å²) in [6.07, 6.45) is 0. The molecule has 0 saturated heterocycles. The van der Waals surface area contributed by atoms with Gasteiger partial charge in [-0.25, -0.2) is 13.4 Å². The second-order valence-corrected chi connectivity index (χ2v) is 8.31. The Hall–Kier alpha value is -0.460. The Kier molecular flexibility index (Phi) is 4.69. The summed E-state index contributed by atoms with van der Waals surface area (Å²) in [7, 11) is -3.12. The highest BCUT2D eigenvalue weighted by Gasteiger charge is 2.21. The quantitative estimate of drug-likeness (QED) is 0.895. The van der Waals surface area contributed by atoms with Crippen LogP contribution in [0.25, 0.3) is 0 Å². The molecule has 1 aromatic heterocycles. The molecule has 0 amide bonds. The normalized spacial score (nSPS) is 12.6. The van der Waals surface area contributed by atoms with Crippen LogP contribution in [0.1, 0.15) is 49.2 Å². The Bertz CT molecular complexity index is 475. The van der Waals surface area contributed by atoms with E-state index in [-0.39, 0.29) is 18.3 Å². The highest BCUT2D eigenvalue weighted by molar-refractivity contribution is 7.91. The third-order valence-corrected chi connectivity index (χ3v) is 5.86. The molecule has 0 atom stereocenters. The summed E-state index contributed by atoms with van der Waals surface area (Å²) in [6.45, 7) is 7.22. The maximum atomic E-state index is 11.8. The van der Waals surface area contributed by atoms with Gasteiger partial charge in [-0.1, -0.05) is 13.8 Å². The highest BCUT2D eigenvalue weighted by Crippen LogP contribution is 2.26. The van der Waals surface area contributed by atoms with E-state index in [1.165, 1.54) is 11.3 Å². The van der Waals surface area contributed by atoms with Crippen molar-refractivity contribution >= 4 is 21.2 Å². The fraction of sp³-hybridized carbons (Fsp3) is 0.727. The van der Waals surface area contributed by atoms with E-state index in [0.717, 1.165) is 10.6 Å². The first kappa shape index (κ1) is 14.6. The first-order chi connectivity index (χ1) is 7.77. The lowest BCUT2D eigenvalue weighted by Crippen LogP contribution is -2.15. The highest BCUT2D eigenvalue weighted by atomic mass is 32.2. The Morgan fingerprint density at radius 2 is 1.88 bits per heavy atom. The van der Waals surface area contributed by atoms with Crippen LogP contribution in [0.4, 0.5) is 0 Å². The zero-order valence-corrected chi connectivity index (χ0v) is 12.2. The minimum Gasteiger partial charge on any atom is -0.391 e. The van der Waals surface area contributed by atoms with Crippen molar-refractivity contribution in [3.8, 4) is 0 Å². The molecule has 0 aliphatic carbocycles. The van der Waals surface area contributed by atoms with Crippen molar-refractivity contribution in [2.75, 3.05) is 0 Å². The average molecular weight is 277 g/mol. The summed E-state index contributed by atoms with van der Waals surface area (Å²) in [5.41, 5.74) is 0.812. The largest absolute Gasteiger partial charge is 0.391 e. The van der Waals surface area contributed by atoms with Gasteiger partial charge in [0.15, 0.2) is 9.84 Å². The standard InChI is InChI=1S/C11H19NO3S2/c1-7(2)11-9(5-13)16-10(12-11)6-17(14,15)8(3)4/h7-8,13H,5-6H2,1-4H3. The number of nitrogens with zero attached hydrogens (tertiary/aromatic N) is 1. The maximum absolute atomic E-state index is 11.8. The topological polar surface area (TPSA) is 67.3 Å². The summed E-state index contributed by atoms with van der Waals surface area (Å²) >= 11 is 1.29. The van der Waals surface area contributed by atoms with Crippen molar-refractivity contribution in [2.24, 2.45) is 0 Å². The molecule has 4 nitrogen and oxygen atoms in total. The van der Waals surface area contributed by atoms with Crippen LogP contribution in [0.15, 0.2) is 0 Å². The van der Waals surface area contributed by atoms with Crippen molar-refractivity contribution in [2.45, 2.75) is 51.2 Å². The van der Waals surface area contributed by atoms with Crippen LogP contribution < -0.4 is 0 Å². The Morgan fingerprint density at radius 1 is 1.29 bits per heavy atom. The van der Waals surface area contributed by atoms with Gasteiger partial charge >= 0.3 is 0 Å². The van der Waals surface area contributed by atoms with Gasteiger partial charge in [-0.2, -0.15) is 0 Å². The molecule has 17 heavy (non-hydrogen) atoms. The molecule has 1 heterocycles. The van der Waals surface area contributed by atoms with Crippen LogP contribution in [0.2, 0.25) is 0 Å². The lowest BCUT2D eigenvalue weighted by Gasteiger charge is -2.04. The fourth-order valence-corrected chi connectivity index (χ4v) is 3.73. The minimum atomic E-state index is -3.12. The molecule has 0 aliphatic rings. The van der Waals surface area contributed by atoms with Crippen molar-refractivity contribution in [1.82, 2.24) is 4.98 Å². The number of aliphatic hydroxyl groups excluding tert-OH is 1. The molecule has 0 radical (unpaired) electrons. The molecule has 1 N–H and O–H groups in total. The van der Waals surface area contributed by atoms with Gasteiger partial charge in [-0.3, -0.25) is 0 Å². The van der Waals surface area contributed by atoms with E-state index in [0.29, 0.717) is 5.01 Å². The molecule has 0 spiro atoms. The van der Waals surface area contributed by atoms with Gasteiger partial charge in [-0.15, -0.1) is 11.3 Å². The van der Waals surface area contributed by atoms with Crippen LogP contribution in [-0.2, 0) is 22.2 Å². The molecule has 0 unspecified atom stereocenters. The Balaban J connectivity index is 3.02. The van der Waals surface area contributed by atoms with Gasteiger partial charge < -0.3 is 5.11 Å². The van der Waals surface area contributed by atoms with Gasteiger partial charge in [0.05, 0.1) is 22.4 Å². The third kappa shape index (κ3) is 3.50. The summed E-state index contributed by atoms with van der Waals surface area (Å²) < 4.78 is 23.6. The van der Waals surface area contributed by atoms with E-state index < -0.39 is 15.1 Å². The summed E-state index contributed by atoms with van der Waals surface area (Å²) in [6, 6.07) is 0. The number of aromatic nitrogens is 1. The van der Waals surface area contributed by atoms with Gasteiger partial charge in [-0.05, 0) is 19.8 Å². The summed E-state index contributed by atoms with van der Waals surface area (Å²) in [5.74, 6) is 0.165. The van der Waals surface area contributed by atoms with E-state index >= 15 is 0 Å². The monoisotopic (exact) mass is 277 g/mol. The van der Waals surface area contributed by atoms with Crippen LogP contribution in [0.3, 0.4) is 0 Å². The molecule has 0 fully saturated rings. The molecule has 0 bridgehead atoms. The second-order valence-electron chi connectivity index (χ2n) is 4.58. The lowest BCUT2D eigenvalue weighted by atomic mass is 10.1. The van der Waals surface area contributed by atoms with Crippen molar-refractivity contribution in [3.63, 3.8) is 0 Å². The fourth-order valence-electron chi connectivity index (χ4n) is 1.38. The van der Waals surface area contributed by atoms with Gasteiger partial charge in [0, 0.05) is 0 Å². The minimum absolute atomic E-state index is 0.0327. The van der Waals surface area contributed by atoms with Crippen LogP contribution >= 0.6 is 11.3 Å². The SMILES string of the molecule is CC(C)c1nc(CS(=O)(=O)C(C)C)sc1CO. The molecule has 6 heteroatoms. The predicted octanol–water partition coefficient (Wildman–Crippen LogP) is 2.08. The van der Waals surface area contributed by atoms with Crippen molar-refractivity contribution < 1.29 is 13.5 Å². The summed E-state index contributed by atoms with van der Waals surface area (Å²) in [5, 5.41) is 9.39. The molecular weight excluding hydrogens is 258 g/mol. The number of aliphatic hydroxyl groups is 1. The van der Waals surface area contributed by atoms with Crippen LogP contribution in [0.5, 0.6) is 0 Å². The number of hydrogen-bond acceptors (Lipinski definition) is 5. The number of rotatable bonds is 5. The van der Waals surface area contributed by atoms with E-state index in [2.05, 4.69) is 4.98 Å². The summed E-state index contributed by atoms with van der Waals surface area (Å²) in [4.78, 5) is 5.10. The first-order valence-corrected chi connectivity index (χ1v) is 8.12. The first-order valence-electron chi connectivity index (χ1n) is 5.58. The van der Waals surface area contributed by atoms with Crippen molar-refractivity contribution in [3.05, 3.63) is 15.6 Å². The number of thiazole rings is 1. The maximum Gasteiger partial charge on any atom is 0.159 e. The predicted molar refractivity (Wildman–Crippen MR) is 69.9 cm³/mol. The van der Waals surface area contributed by atoms with E-state index in [1.807, 2.05) is 13.8 Å². The van der Waals surface area contributed by atoms with Crippen molar-refractivity contribution in [1.29, 1.82) is 0 Å². The molecule has 0 aliphatic heterocycles. The van der Waals surface area contributed by atoms with Crippen LogP contribution in [0, 0.1) is 0 Å². The molecule has 98 valence electrons. The van der Waals surface area contributed by atoms with Gasteiger partial charge in [0.25, 0.3) is 0 Å². The molecule has 1 rings (SSSR count). The molecular formula is C11H19NO3S2. The average Bonchev–Trinajstić information content (AvgIpc) is 2.60. The van der Waals surface area contributed by atoms with Crippen LogP contribution in [-0.4, -0.2) is 23.8 Å². The van der Waals surface area contributed by atoms with Gasteiger partial charge in [0.1, 0.15) is 10.8 Å². The molecule has 1 aromatic rings. The smallest absolute Gasteiger partial charge is 0.159 e. The molecule has 0 aromatic carbocycles. The lowest BCUT2D eigenvalue weighted by molar-refractivity contribution is 0.283.